The van der Waals surface area contributed by atoms with Crippen LogP contribution >= 0.6 is 0 Å². The fourth-order valence-corrected chi connectivity index (χ4v) is 4.31. The highest BCUT2D eigenvalue weighted by Crippen LogP contribution is 2.62. The molecule has 1 aromatic carbocycles. The number of aliphatic hydroxyl groups is 2. The van der Waals surface area contributed by atoms with Crippen LogP contribution in [-0.4, -0.2) is 35.6 Å². The Hall–Kier alpha value is -1.10. The van der Waals surface area contributed by atoms with E-state index >= 15 is 0 Å². The number of hydrogen-bond acceptors (Lipinski definition) is 4. The van der Waals surface area contributed by atoms with Crippen LogP contribution in [-0.2, 0) is 11.3 Å². The molecule has 0 unspecified atom stereocenters. The van der Waals surface area contributed by atoms with E-state index in [1.807, 2.05) is 24.3 Å². The second-order valence-corrected chi connectivity index (χ2v) is 7.35. The monoisotopic (exact) mass is 306 g/mol. The number of hydrogen-bond donors (Lipinski definition) is 2. The average molecular weight is 306 g/mol. The average Bonchev–Trinajstić information content (AvgIpc) is 2.50. The van der Waals surface area contributed by atoms with Gasteiger partial charge in [-0.2, -0.15) is 0 Å². The van der Waals surface area contributed by atoms with Crippen molar-refractivity contribution < 1.29 is 19.7 Å². The first-order valence-electron chi connectivity index (χ1n) is 7.99. The Bertz CT molecular complexity index is 542. The number of para-hydroxylation sites is 1. The summed E-state index contributed by atoms with van der Waals surface area (Å²) in [7, 11) is 1.63. The van der Waals surface area contributed by atoms with Gasteiger partial charge in [0.05, 0.1) is 26.4 Å². The Labute approximate surface area is 132 Å². The zero-order valence-corrected chi connectivity index (χ0v) is 13.6. The van der Waals surface area contributed by atoms with E-state index in [0.29, 0.717) is 18.9 Å². The van der Waals surface area contributed by atoms with Crippen LogP contribution in [0, 0.1) is 17.3 Å². The summed E-state index contributed by atoms with van der Waals surface area (Å²) in [4.78, 5) is 0. The number of rotatable bonds is 5. The third kappa shape index (κ3) is 2.34. The van der Waals surface area contributed by atoms with Crippen molar-refractivity contribution in [2.24, 2.45) is 17.3 Å². The molecule has 122 valence electrons. The quantitative estimate of drug-likeness (QED) is 0.877. The lowest BCUT2D eigenvalue weighted by atomic mass is 9.43. The predicted octanol–water partition coefficient (Wildman–Crippen LogP) is 2.37. The molecule has 0 spiro atoms. The van der Waals surface area contributed by atoms with Crippen LogP contribution in [0.1, 0.15) is 32.3 Å². The highest BCUT2D eigenvalue weighted by molar-refractivity contribution is 5.32. The summed E-state index contributed by atoms with van der Waals surface area (Å²) in [6.45, 7) is 4.90. The standard InChI is InChI=1S/C18H26O4/c1-17(2)13-8-15(17)18(20,16(19)9-13)11-22-10-12-6-4-5-7-14(12)21-3/h4-7,13,15-16,19-20H,8-11H2,1-3H3/t13-,15-,16+,18-/m0/s1. The van der Waals surface area contributed by atoms with Gasteiger partial charge in [-0.05, 0) is 36.2 Å². The minimum Gasteiger partial charge on any atom is -0.496 e. The van der Waals surface area contributed by atoms with E-state index in [0.717, 1.165) is 17.7 Å². The number of methoxy groups -OCH3 is 1. The molecule has 4 rings (SSSR count). The van der Waals surface area contributed by atoms with Crippen molar-refractivity contribution in [3.8, 4) is 5.75 Å². The molecule has 0 aromatic heterocycles. The Morgan fingerprint density at radius 3 is 2.64 bits per heavy atom. The first-order chi connectivity index (χ1) is 10.4. The maximum absolute atomic E-state index is 11.0. The molecule has 0 heterocycles. The number of ether oxygens (including phenoxy) is 2. The molecule has 3 aliphatic rings. The lowest BCUT2D eigenvalue weighted by Crippen LogP contribution is -2.69. The van der Waals surface area contributed by atoms with Crippen LogP contribution in [0.2, 0.25) is 0 Å². The summed E-state index contributed by atoms with van der Waals surface area (Å²) >= 11 is 0. The fraction of sp³-hybridized carbons (Fsp3) is 0.667. The van der Waals surface area contributed by atoms with Gasteiger partial charge in [-0.25, -0.2) is 0 Å². The van der Waals surface area contributed by atoms with Crippen molar-refractivity contribution in [2.45, 2.75) is 45.0 Å². The van der Waals surface area contributed by atoms with Crippen molar-refractivity contribution in [1.29, 1.82) is 0 Å². The van der Waals surface area contributed by atoms with Gasteiger partial charge in [-0.1, -0.05) is 32.0 Å². The van der Waals surface area contributed by atoms with E-state index in [-0.39, 0.29) is 17.9 Å². The second kappa shape index (κ2) is 5.52. The lowest BCUT2D eigenvalue weighted by molar-refractivity contribution is -0.270. The SMILES string of the molecule is COc1ccccc1COC[C@@]1(O)[C@H](O)C[C@@H]2C[C@H]1C2(C)C. The molecule has 1 aromatic rings. The van der Waals surface area contributed by atoms with Crippen LogP contribution in [0.25, 0.3) is 0 Å². The van der Waals surface area contributed by atoms with E-state index in [9.17, 15) is 10.2 Å². The first kappa shape index (κ1) is 15.8. The molecule has 0 aliphatic heterocycles. The van der Waals surface area contributed by atoms with E-state index in [2.05, 4.69) is 13.8 Å². The van der Waals surface area contributed by atoms with Gasteiger partial charge in [0.1, 0.15) is 11.4 Å². The van der Waals surface area contributed by atoms with Gasteiger partial charge in [0, 0.05) is 5.56 Å². The van der Waals surface area contributed by atoms with E-state index in [4.69, 9.17) is 9.47 Å². The van der Waals surface area contributed by atoms with Gasteiger partial charge < -0.3 is 19.7 Å². The molecule has 3 aliphatic carbocycles. The molecule has 2 N–H and O–H groups in total. The molecule has 2 bridgehead atoms. The van der Waals surface area contributed by atoms with E-state index < -0.39 is 11.7 Å². The molecule has 3 fully saturated rings. The van der Waals surface area contributed by atoms with Crippen molar-refractivity contribution in [1.82, 2.24) is 0 Å². The second-order valence-electron chi connectivity index (χ2n) is 7.35. The molecule has 4 nitrogen and oxygen atoms in total. The maximum atomic E-state index is 11.0. The third-order valence-electron chi connectivity index (χ3n) is 5.94. The summed E-state index contributed by atoms with van der Waals surface area (Å²) in [5, 5.41) is 21.3. The molecular formula is C18H26O4. The molecule has 0 amide bonds. The molecule has 4 atom stereocenters. The Morgan fingerprint density at radius 1 is 1.23 bits per heavy atom. The molecule has 0 radical (unpaired) electrons. The van der Waals surface area contributed by atoms with Gasteiger partial charge >= 0.3 is 0 Å². The van der Waals surface area contributed by atoms with Gasteiger partial charge in [0.2, 0.25) is 0 Å². The number of aliphatic hydroxyl groups excluding tert-OH is 1. The normalized spacial score (nSPS) is 35.8. The van der Waals surface area contributed by atoms with Crippen molar-refractivity contribution in [2.75, 3.05) is 13.7 Å². The van der Waals surface area contributed by atoms with Crippen LogP contribution in [0.5, 0.6) is 5.75 Å². The van der Waals surface area contributed by atoms with Gasteiger partial charge in [0.25, 0.3) is 0 Å². The van der Waals surface area contributed by atoms with Gasteiger partial charge in [-0.3, -0.25) is 0 Å². The van der Waals surface area contributed by atoms with Crippen LogP contribution < -0.4 is 4.74 Å². The summed E-state index contributed by atoms with van der Waals surface area (Å²) in [6.07, 6.45) is 0.957. The van der Waals surface area contributed by atoms with Gasteiger partial charge in [-0.15, -0.1) is 0 Å². The lowest BCUT2D eigenvalue weighted by Gasteiger charge is -2.64. The minimum atomic E-state index is -1.14. The zero-order valence-electron chi connectivity index (χ0n) is 13.6. The molecule has 0 saturated heterocycles. The van der Waals surface area contributed by atoms with Crippen molar-refractivity contribution >= 4 is 0 Å². The van der Waals surface area contributed by atoms with E-state index in [1.165, 1.54) is 0 Å². The highest BCUT2D eigenvalue weighted by atomic mass is 16.5. The molecule has 3 saturated carbocycles. The predicted molar refractivity (Wildman–Crippen MR) is 83.6 cm³/mol. The van der Waals surface area contributed by atoms with Crippen molar-refractivity contribution in [3.05, 3.63) is 29.8 Å². The molecule has 22 heavy (non-hydrogen) atoms. The first-order valence-corrected chi connectivity index (χ1v) is 7.99. The Morgan fingerprint density at radius 2 is 1.95 bits per heavy atom. The number of fused-ring (bicyclic) bond motifs is 2. The minimum absolute atomic E-state index is 0.0851. The van der Waals surface area contributed by atoms with Crippen molar-refractivity contribution in [3.63, 3.8) is 0 Å². The largest absolute Gasteiger partial charge is 0.496 e. The van der Waals surface area contributed by atoms with Crippen LogP contribution in [0.3, 0.4) is 0 Å². The smallest absolute Gasteiger partial charge is 0.124 e. The van der Waals surface area contributed by atoms with Crippen LogP contribution in [0.15, 0.2) is 24.3 Å². The highest BCUT2D eigenvalue weighted by Gasteiger charge is 2.64. The maximum Gasteiger partial charge on any atom is 0.124 e. The zero-order chi connectivity index (χ0) is 16.0. The Balaban J connectivity index is 1.65. The molecular weight excluding hydrogens is 280 g/mol. The fourth-order valence-electron chi connectivity index (χ4n) is 4.31. The summed E-state index contributed by atoms with van der Waals surface area (Å²) in [5.74, 6) is 1.40. The number of benzene rings is 1. The van der Waals surface area contributed by atoms with Crippen LogP contribution in [0.4, 0.5) is 0 Å². The third-order valence-corrected chi connectivity index (χ3v) is 5.94. The summed E-state index contributed by atoms with van der Waals surface area (Å²) < 4.78 is 11.1. The summed E-state index contributed by atoms with van der Waals surface area (Å²) in [5.41, 5.74) is -0.105. The van der Waals surface area contributed by atoms with E-state index in [1.54, 1.807) is 7.11 Å². The summed E-state index contributed by atoms with van der Waals surface area (Å²) in [6, 6.07) is 7.69. The topological polar surface area (TPSA) is 58.9 Å². The Kier molecular flexibility index (Phi) is 3.96. The van der Waals surface area contributed by atoms with Gasteiger partial charge in [0.15, 0.2) is 0 Å². The molecule has 4 heteroatoms.